The van der Waals surface area contributed by atoms with Crippen LogP contribution in [-0.4, -0.2) is 16.1 Å². The van der Waals surface area contributed by atoms with Crippen molar-refractivity contribution in [3.8, 4) is 0 Å². The van der Waals surface area contributed by atoms with Gasteiger partial charge in [-0.05, 0) is 18.2 Å². The van der Waals surface area contributed by atoms with Crippen LogP contribution in [0.25, 0.3) is 0 Å². The predicted molar refractivity (Wildman–Crippen MR) is 68.2 cm³/mol. The number of hydrogen-bond donors (Lipinski definition) is 2. The van der Waals surface area contributed by atoms with E-state index in [1.54, 1.807) is 12.3 Å². The molecule has 0 unspecified atom stereocenters. The van der Waals surface area contributed by atoms with E-state index in [-0.39, 0.29) is 18.0 Å². The highest BCUT2D eigenvalue weighted by Crippen LogP contribution is 2.19. The van der Waals surface area contributed by atoms with E-state index in [2.05, 4.69) is 10.3 Å². The summed E-state index contributed by atoms with van der Waals surface area (Å²) < 4.78 is 0. The molecule has 0 aliphatic heterocycles. The van der Waals surface area contributed by atoms with Gasteiger partial charge < -0.3 is 10.4 Å². The summed E-state index contributed by atoms with van der Waals surface area (Å²) in [6.45, 7) is 0. The van der Waals surface area contributed by atoms with Crippen molar-refractivity contribution in [3.05, 3.63) is 54.4 Å². The number of carboxylic acids is 1. The second kappa shape index (κ2) is 5.86. The number of anilines is 2. The monoisotopic (exact) mass is 250 g/mol. The number of benzene rings is 1. The normalized spacial score (nSPS) is 9.18. The Morgan fingerprint density at radius 2 is 1.88 bits per heavy atom. The van der Waals surface area contributed by atoms with E-state index in [1.807, 2.05) is 30.3 Å². The molecule has 0 saturated carbocycles. The highest BCUT2D eigenvalue weighted by atomic mass is 35.5. The van der Waals surface area contributed by atoms with E-state index in [1.165, 1.54) is 6.20 Å². The number of pyridine rings is 1. The maximum absolute atomic E-state index is 10.9. The summed E-state index contributed by atoms with van der Waals surface area (Å²) in [6.07, 6.45) is 2.88. The number of nitrogens with zero attached hydrogens (tertiary/aromatic N) is 1. The van der Waals surface area contributed by atoms with Crippen LogP contribution in [0.3, 0.4) is 0 Å². The molecule has 2 N–H and O–H groups in total. The predicted octanol–water partition coefficient (Wildman–Crippen LogP) is 2.95. The minimum Gasteiger partial charge on any atom is -0.478 e. The summed E-state index contributed by atoms with van der Waals surface area (Å²) in [7, 11) is 0. The number of rotatable bonds is 3. The third-order valence-electron chi connectivity index (χ3n) is 2.10. The molecule has 1 aromatic heterocycles. The van der Waals surface area contributed by atoms with Gasteiger partial charge in [-0.1, -0.05) is 18.2 Å². The minimum atomic E-state index is -0.994. The highest BCUT2D eigenvalue weighted by molar-refractivity contribution is 5.94. The lowest BCUT2D eigenvalue weighted by atomic mass is 10.2. The molecular weight excluding hydrogens is 240 g/mol. The van der Waals surface area contributed by atoms with Crippen LogP contribution in [0.5, 0.6) is 0 Å². The number of aromatic carboxylic acids is 1. The van der Waals surface area contributed by atoms with Crippen molar-refractivity contribution in [2.24, 2.45) is 0 Å². The van der Waals surface area contributed by atoms with E-state index in [0.29, 0.717) is 5.69 Å². The zero-order chi connectivity index (χ0) is 11.4. The molecule has 0 saturated heterocycles. The summed E-state index contributed by atoms with van der Waals surface area (Å²) >= 11 is 0. The van der Waals surface area contributed by atoms with Crippen LogP contribution in [-0.2, 0) is 0 Å². The van der Waals surface area contributed by atoms with Gasteiger partial charge in [0.2, 0.25) is 0 Å². The van der Waals surface area contributed by atoms with E-state index >= 15 is 0 Å². The second-order valence-electron chi connectivity index (χ2n) is 3.22. The fraction of sp³-hybridized carbons (Fsp3) is 0. The van der Waals surface area contributed by atoms with E-state index < -0.39 is 5.97 Å². The lowest BCUT2D eigenvalue weighted by Crippen LogP contribution is -2.03. The fourth-order valence-electron chi connectivity index (χ4n) is 1.35. The van der Waals surface area contributed by atoms with Gasteiger partial charge >= 0.3 is 5.97 Å². The summed E-state index contributed by atoms with van der Waals surface area (Å²) in [4.78, 5) is 14.7. The van der Waals surface area contributed by atoms with E-state index in [4.69, 9.17) is 5.11 Å². The minimum absolute atomic E-state index is 0. The van der Waals surface area contributed by atoms with Crippen molar-refractivity contribution >= 4 is 29.8 Å². The molecule has 5 heteroatoms. The summed E-state index contributed by atoms with van der Waals surface area (Å²) in [5.74, 6) is -0.994. The average Bonchev–Trinajstić information content (AvgIpc) is 2.31. The molecule has 1 aromatic carbocycles. The van der Waals surface area contributed by atoms with Crippen molar-refractivity contribution < 1.29 is 9.90 Å². The Morgan fingerprint density at radius 1 is 1.18 bits per heavy atom. The first-order valence-corrected chi connectivity index (χ1v) is 4.77. The van der Waals surface area contributed by atoms with Crippen LogP contribution in [0.1, 0.15) is 10.4 Å². The third-order valence-corrected chi connectivity index (χ3v) is 2.10. The zero-order valence-corrected chi connectivity index (χ0v) is 9.65. The standard InChI is InChI=1S/C12H10N2O2.ClH/c15-12(16)10-8-13-7-6-11(10)14-9-4-2-1-3-5-9;/h1-8H,(H,13,14)(H,15,16);1H. The van der Waals surface area contributed by atoms with Crippen LogP contribution < -0.4 is 5.32 Å². The third kappa shape index (κ3) is 3.19. The first-order valence-electron chi connectivity index (χ1n) is 4.77. The number of halogens is 1. The highest BCUT2D eigenvalue weighted by Gasteiger charge is 2.09. The topological polar surface area (TPSA) is 62.2 Å². The lowest BCUT2D eigenvalue weighted by molar-refractivity contribution is 0.0697. The lowest BCUT2D eigenvalue weighted by Gasteiger charge is -2.08. The zero-order valence-electron chi connectivity index (χ0n) is 8.83. The molecule has 0 fully saturated rings. The van der Waals surface area contributed by atoms with Crippen LogP contribution in [0.2, 0.25) is 0 Å². The summed E-state index contributed by atoms with van der Waals surface area (Å²) in [6, 6.07) is 11.0. The van der Waals surface area contributed by atoms with Crippen LogP contribution >= 0.6 is 12.4 Å². The largest absolute Gasteiger partial charge is 0.478 e. The van der Waals surface area contributed by atoms with Gasteiger partial charge in [-0.2, -0.15) is 0 Å². The molecule has 0 aliphatic rings. The van der Waals surface area contributed by atoms with Crippen molar-refractivity contribution in [2.75, 3.05) is 5.32 Å². The van der Waals surface area contributed by atoms with Crippen molar-refractivity contribution in [2.45, 2.75) is 0 Å². The Balaban J connectivity index is 0.00000144. The molecule has 2 aromatic rings. The van der Waals surface area contributed by atoms with Gasteiger partial charge in [0.25, 0.3) is 0 Å². The van der Waals surface area contributed by atoms with Crippen molar-refractivity contribution in [1.82, 2.24) is 4.98 Å². The Bertz CT molecular complexity index is 503. The van der Waals surface area contributed by atoms with Gasteiger partial charge in [0, 0.05) is 18.1 Å². The average molecular weight is 251 g/mol. The SMILES string of the molecule is Cl.O=C(O)c1cnccc1Nc1ccccc1. The number of nitrogens with one attached hydrogen (secondary N) is 1. The van der Waals surface area contributed by atoms with E-state index in [0.717, 1.165) is 5.69 Å². The molecule has 0 spiro atoms. The maximum atomic E-state index is 10.9. The Labute approximate surface area is 105 Å². The number of aromatic nitrogens is 1. The molecule has 17 heavy (non-hydrogen) atoms. The fourth-order valence-corrected chi connectivity index (χ4v) is 1.35. The molecule has 0 amide bonds. The smallest absolute Gasteiger partial charge is 0.339 e. The number of para-hydroxylation sites is 1. The number of carbonyl (C=O) groups is 1. The molecule has 0 radical (unpaired) electrons. The van der Waals surface area contributed by atoms with Crippen LogP contribution in [0.4, 0.5) is 11.4 Å². The summed E-state index contributed by atoms with van der Waals surface area (Å²) in [5, 5.41) is 12.0. The number of hydrogen-bond acceptors (Lipinski definition) is 3. The molecule has 0 bridgehead atoms. The molecule has 2 rings (SSSR count). The molecule has 1 heterocycles. The van der Waals surface area contributed by atoms with E-state index in [9.17, 15) is 4.79 Å². The van der Waals surface area contributed by atoms with Gasteiger partial charge in [0.15, 0.2) is 0 Å². The molecule has 88 valence electrons. The Morgan fingerprint density at radius 3 is 2.53 bits per heavy atom. The van der Waals surface area contributed by atoms with Gasteiger partial charge in [0.1, 0.15) is 5.56 Å². The van der Waals surface area contributed by atoms with Gasteiger partial charge in [0.05, 0.1) is 5.69 Å². The quantitative estimate of drug-likeness (QED) is 0.879. The van der Waals surface area contributed by atoms with Crippen LogP contribution in [0.15, 0.2) is 48.8 Å². The second-order valence-corrected chi connectivity index (χ2v) is 3.22. The first kappa shape index (κ1) is 13.0. The first-order chi connectivity index (χ1) is 7.77. The molecular formula is C12H11ClN2O2. The van der Waals surface area contributed by atoms with Crippen molar-refractivity contribution in [3.63, 3.8) is 0 Å². The van der Waals surface area contributed by atoms with Crippen molar-refractivity contribution in [1.29, 1.82) is 0 Å². The maximum Gasteiger partial charge on any atom is 0.339 e. The Hall–Kier alpha value is -2.07. The molecule has 0 aliphatic carbocycles. The molecule has 0 atom stereocenters. The Kier molecular flexibility index (Phi) is 4.48. The van der Waals surface area contributed by atoms with Gasteiger partial charge in [-0.15, -0.1) is 12.4 Å². The number of carboxylic acid groups (broad SMARTS) is 1. The van der Waals surface area contributed by atoms with Gasteiger partial charge in [-0.3, -0.25) is 4.98 Å². The molecule has 4 nitrogen and oxygen atoms in total. The van der Waals surface area contributed by atoms with Crippen LogP contribution in [0, 0.1) is 0 Å². The van der Waals surface area contributed by atoms with Gasteiger partial charge in [-0.25, -0.2) is 4.79 Å². The summed E-state index contributed by atoms with van der Waals surface area (Å²) in [5.41, 5.74) is 1.54.